The number of amides is 1. The number of hydrogen-bond donors (Lipinski definition) is 0. The Morgan fingerprint density at radius 2 is 2.03 bits per heavy atom. The highest BCUT2D eigenvalue weighted by atomic mass is 16.5. The number of likely N-dealkylation sites (tertiary alicyclic amines) is 1. The molecule has 6 nitrogen and oxygen atoms in total. The van der Waals surface area contributed by atoms with E-state index in [0.717, 1.165) is 63.7 Å². The van der Waals surface area contributed by atoms with Gasteiger partial charge in [-0.1, -0.05) is 24.1 Å². The van der Waals surface area contributed by atoms with Gasteiger partial charge in [-0.15, -0.1) is 5.10 Å². The minimum atomic E-state index is -0.0502. The lowest BCUT2D eigenvalue weighted by atomic mass is 9.99. The maximum Gasteiger partial charge on any atom is 0.228 e. The second-order valence-electron chi connectivity index (χ2n) is 9.09. The van der Waals surface area contributed by atoms with E-state index >= 15 is 0 Å². The van der Waals surface area contributed by atoms with Gasteiger partial charge in [0.25, 0.3) is 0 Å². The molecule has 30 heavy (non-hydrogen) atoms. The summed E-state index contributed by atoms with van der Waals surface area (Å²) in [5.74, 6) is 6.62. The summed E-state index contributed by atoms with van der Waals surface area (Å²) >= 11 is 0. The van der Waals surface area contributed by atoms with Crippen LogP contribution in [0.5, 0.6) is 0 Å². The van der Waals surface area contributed by atoms with Gasteiger partial charge in [-0.3, -0.25) is 4.79 Å². The summed E-state index contributed by atoms with van der Waals surface area (Å²) in [5.41, 5.74) is 1.95. The van der Waals surface area contributed by atoms with Gasteiger partial charge in [0.05, 0.1) is 30.4 Å². The number of allylic oxidation sites excluding steroid dienone is 2. The first-order valence-corrected chi connectivity index (χ1v) is 11.7. The first-order valence-electron chi connectivity index (χ1n) is 11.7. The Morgan fingerprint density at radius 1 is 1.20 bits per heavy atom. The van der Waals surface area contributed by atoms with E-state index in [-0.39, 0.29) is 30.1 Å². The van der Waals surface area contributed by atoms with E-state index in [0.29, 0.717) is 0 Å². The molecule has 162 valence electrons. The summed E-state index contributed by atoms with van der Waals surface area (Å²) in [6.07, 6.45) is 14.2. The van der Waals surface area contributed by atoms with Crippen LogP contribution >= 0.6 is 0 Å². The molecule has 0 spiro atoms. The molecule has 1 aromatic heterocycles. The molecule has 1 amide bonds. The number of carbonyl (C=O) groups excluding carboxylic acids is 1. The van der Waals surface area contributed by atoms with Gasteiger partial charge in [0.2, 0.25) is 5.91 Å². The minimum Gasteiger partial charge on any atom is -0.374 e. The summed E-state index contributed by atoms with van der Waals surface area (Å²) < 4.78 is 8.18. The van der Waals surface area contributed by atoms with Gasteiger partial charge in [0.15, 0.2) is 5.69 Å². The van der Waals surface area contributed by atoms with Crippen molar-refractivity contribution < 1.29 is 9.53 Å². The third-order valence-electron chi connectivity index (χ3n) is 6.71. The molecule has 4 atom stereocenters. The van der Waals surface area contributed by atoms with Crippen LogP contribution in [0.4, 0.5) is 0 Å². The Balaban J connectivity index is 1.28. The molecule has 1 aliphatic carbocycles. The topological polar surface area (TPSA) is 60.2 Å². The van der Waals surface area contributed by atoms with Gasteiger partial charge >= 0.3 is 0 Å². The Labute approximate surface area is 180 Å². The van der Waals surface area contributed by atoms with Crippen LogP contribution in [0.15, 0.2) is 17.8 Å². The van der Waals surface area contributed by atoms with Crippen LogP contribution in [0.1, 0.15) is 83.4 Å². The number of nitrogens with zero attached hydrogens (tertiary/aromatic N) is 4. The summed E-state index contributed by atoms with van der Waals surface area (Å²) in [5, 5.41) is 8.51. The summed E-state index contributed by atoms with van der Waals surface area (Å²) in [7, 11) is 0. The third-order valence-corrected chi connectivity index (χ3v) is 6.71. The molecule has 1 aromatic rings. The predicted molar refractivity (Wildman–Crippen MR) is 116 cm³/mol. The van der Waals surface area contributed by atoms with Crippen molar-refractivity contribution in [1.82, 2.24) is 19.9 Å². The maximum absolute atomic E-state index is 12.7. The van der Waals surface area contributed by atoms with Gasteiger partial charge in [-0.25, -0.2) is 4.68 Å². The number of ether oxygens (including phenoxy) is 1. The minimum absolute atomic E-state index is 0.0382. The number of aromatic nitrogens is 3. The first-order chi connectivity index (χ1) is 14.6. The lowest BCUT2D eigenvalue weighted by molar-refractivity contribution is -0.138. The molecule has 3 aliphatic rings. The van der Waals surface area contributed by atoms with E-state index < -0.39 is 0 Å². The molecular formula is C24H34N4O2. The van der Waals surface area contributed by atoms with Crippen molar-refractivity contribution in [3.05, 3.63) is 23.5 Å². The molecule has 3 heterocycles. The number of carbonyl (C=O) groups is 1. The lowest BCUT2D eigenvalue weighted by Gasteiger charge is -2.25. The average molecular weight is 411 g/mol. The zero-order valence-electron chi connectivity index (χ0n) is 18.3. The third kappa shape index (κ3) is 5.13. The maximum atomic E-state index is 12.7. The molecule has 2 fully saturated rings. The van der Waals surface area contributed by atoms with Gasteiger partial charge in [-0.2, -0.15) is 0 Å². The van der Waals surface area contributed by atoms with Crippen molar-refractivity contribution >= 4 is 5.91 Å². The molecule has 2 saturated heterocycles. The van der Waals surface area contributed by atoms with Crippen molar-refractivity contribution in [2.45, 2.75) is 89.9 Å². The molecule has 0 bridgehead atoms. The monoisotopic (exact) mass is 410 g/mol. The highest BCUT2D eigenvalue weighted by molar-refractivity contribution is 5.79. The van der Waals surface area contributed by atoms with Crippen LogP contribution in [0.25, 0.3) is 0 Å². The molecule has 6 heteroatoms. The van der Waals surface area contributed by atoms with E-state index in [9.17, 15) is 4.79 Å². The second-order valence-corrected chi connectivity index (χ2v) is 9.09. The smallest absolute Gasteiger partial charge is 0.228 e. The van der Waals surface area contributed by atoms with E-state index in [4.69, 9.17) is 4.74 Å². The molecule has 0 aromatic carbocycles. The fourth-order valence-electron chi connectivity index (χ4n) is 4.79. The van der Waals surface area contributed by atoms with Crippen LogP contribution in [0.2, 0.25) is 0 Å². The highest BCUT2D eigenvalue weighted by Gasteiger charge is 2.36. The number of hydrogen-bond acceptors (Lipinski definition) is 4. The highest BCUT2D eigenvalue weighted by Crippen LogP contribution is 2.31. The molecule has 0 unspecified atom stereocenters. The summed E-state index contributed by atoms with van der Waals surface area (Å²) in [6, 6.07) is 0.190. The van der Waals surface area contributed by atoms with Crippen molar-refractivity contribution in [3.63, 3.8) is 0 Å². The summed E-state index contributed by atoms with van der Waals surface area (Å²) in [6.45, 7) is 5.99. The fraction of sp³-hybridized carbons (Fsp3) is 0.708. The molecular weight excluding hydrogens is 376 g/mol. The predicted octanol–water partition coefficient (Wildman–Crippen LogP) is 3.89. The quantitative estimate of drug-likeness (QED) is 0.691. The van der Waals surface area contributed by atoms with Crippen molar-refractivity contribution in [3.8, 4) is 11.8 Å². The standard InChI is InChI=1S/C24H34N4O2/c1-18(28-17-21(25-26-28)11-10-20-8-4-3-5-9-20)16-22-12-13-23(30-22)19(2)24(29)27-14-6-7-15-27/h8,17-19,22-23H,3-7,9,12-16H2,1-2H3/t18-,19-,22+,23-/m1/s1. The Bertz CT molecular complexity index is 828. The van der Waals surface area contributed by atoms with E-state index in [1.807, 2.05) is 22.7 Å². The normalized spacial score (nSPS) is 26.1. The first kappa shape index (κ1) is 21.1. The Kier molecular flexibility index (Phi) is 6.89. The van der Waals surface area contributed by atoms with E-state index in [1.165, 1.54) is 18.4 Å². The molecule has 0 saturated carbocycles. The molecule has 4 rings (SSSR count). The van der Waals surface area contributed by atoms with E-state index in [1.54, 1.807) is 0 Å². The van der Waals surface area contributed by atoms with Crippen LogP contribution in [-0.2, 0) is 9.53 Å². The van der Waals surface area contributed by atoms with Crippen LogP contribution in [0, 0.1) is 17.8 Å². The summed E-state index contributed by atoms with van der Waals surface area (Å²) in [4.78, 5) is 14.7. The Hall–Kier alpha value is -2.13. The molecule has 0 N–H and O–H groups in total. The van der Waals surface area contributed by atoms with Gasteiger partial charge in [-0.05, 0) is 76.2 Å². The van der Waals surface area contributed by atoms with Crippen molar-refractivity contribution in [2.75, 3.05) is 13.1 Å². The Morgan fingerprint density at radius 3 is 2.80 bits per heavy atom. The van der Waals surface area contributed by atoms with Crippen LogP contribution in [-0.4, -0.2) is 51.1 Å². The van der Waals surface area contributed by atoms with Crippen LogP contribution in [0.3, 0.4) is 0 Å². The second kappa shape index (κ2) is 9.78. The number of rotatable bonds is 5. The van der Waals surface area contributed by atoms with E-state index in [2.05, 4.69) is 35.2 Å². The van der Waals surface area contributed by atoms with Gasteiger partial charge in [0, 0.05) is 13.1 Å². The largest absolute Gasteiger partial charge is 0.374 e. The molecule has 0 radical (unpaired) electrons. The zero-order valence-corrected chi connectivity index (χ0v) is 18.3. The van der Waals surface area contributed by atoms with Crippen molar-refractivity contribution in [1.29, 1.82) is 0 Å². The van der Waals surface area contributed by atoms with Crippen LogP contribution < -0.4 is 0 Å². The zero-order chi connectivity index (χ0) is 20.9. The molecule has 2 aliphatic heterocycles. The SMILES string of the molecule is C[C@H](C[C@@H]1CC[C@H]([C@@H](C)C(=O)N2CCCC2)O1)n1cc(C#CC2=CCCCC2)nn1. The average Bonchev–Trinajstić information content (AvgIpc) is 3.54. The van der Waals surface area contributed by atoms with Gasteiger partial charge < -0.3 is 9.64 Å². The van der Waals surface area contributed by atoms with Gasteiger partial charge in [0.1, 0.15) is 0 Å². The fourth-order valence-corrected chi connectivity index (χ4v) is 4.79. The lowest BCUT2D eigenvalue weighted by Crippen LogP contribution is -2.38. The van der Waals surface area contributed by atoms with Crippen molar-refractivity contribution in [2.24, 2.45) is 5.92 Å².